The zero-order valence-electron chi connectivity index (χ0n) is 16.0. The average Bonchev–Trinajstić information content (AvgIpc) is 3.42. The standard InChI is InChI=1S/C21H19F3N4O2/c1-11-9-16(13-3-2-4-14(10-13)18(25)29)26-19-15(7-8-28(11)19)20(30)27-17(12-5-6-12)21(22,23)24/h2-4,7-10,12,17H,5-6H2,1H3,(H2,25,29)(H,27,30). The highest BCUT2D eigenvalue weighted by Gasteiger charge is 2.49. The van der Waals surface area contributed by atoms with E-state index in [4.69, 9.17) is 5.73 Å². The Morgan fingerprint density at radius 2 is 1.97 bits per heavy atom. The van der Waals surface area contributed by atoms with Crippen LogP contribution in [-0.2, 0) is 0 Å². The minimum atomic E-state index is -4.50. The monoisotopic (exact) mass is 416 g/mol. The van der Waals surface area contributed by atoms with Crippen LogP contribution in [0.2, 0.25) is 0 Å². The van der Waals surface area contributed by atoms with Crippen molar-refractivity contribution in [3.8, 4) is 11.3 Å². The molecule has 1 aromatic carbocycles. The van der Waals surface area contributed by atoms with Gasteiger partial charge in [-0.05, 0) is 49.9 Å². The Hall–Kier alpha value is -3.36. The third-order valence-electron chi connectivity index (χ3n) is 5.23. The molecule has 2 aromatic heterocycles. The van der Waals surface area contributed by atoms with Gasteiger partial charge in [-0.2, -0.15) is 13.2 Å². The van der Waals surface area contributed by atoms with Gasteiger partial charge in [0.1, 0.15) is 11.7 Å². The fourth-order valence-corrected chi connectivity index (χ4v) is 3.51. The zero-order chi connectivity index (χ0) is 21.6. The van der Waals surface area contributed by atoms with Gasteiger partial charge in [-0.1, -0.05) is 12.1 Å². The van der Waals surface area contributed by atoms with Crippen molar-refractivity contribution in [2.75, 3.05) is 0 Å². The van der Waals surface area contributed by atoms with Gasteiger partial charge in [0, 0.05) is 23.0 Å². The minimum Gasteiger partial charge on any atom is -0.366 e. The van der Waals surface area contributed by atoms with Crippen LogP contribution >= 0.6 is 0 Å². The number of fused-ring (bicyclic) bond motifs is 1. The predicted molar refractivity (Wildman–Crippen MR) is 104 cm³/mol. The Kier molecular flexibility index (Phi) is 4.76. The van der Waals surface area contributed by atoms with Crippen LogP contribution in [0.3, 0.4) is 0 Å². The van der Waals surface area contributed by atoms with Crippen LogP contribution in [0, 0.1) is 12.8 Å². The van der Waals surface area contributed by atoms with Crippen LogP contribution in [0.25, 0.3) is 16.9 Å². The number of primary amides is 1. The Labute approximate surface area is 169 Å². The number of nitrogens with two attached hydrogens (primary N) is 1. The largest absolute Gasteiger partial charge is 0.408 e. The fraction of sp³-hybridized carbons (Fsp3) is 0.286. The SMILES string of the molecule is Cc1cc(-c2cccc(C(N)=O)c2)nc2c(C(=O)NC(C3CC3)C(F)(F)F)ccn12. The van der Waals surface area contributed by atoms with Gasteiger partial charge in [0.25, 0.3) is 5.91 Å². The molecule has 0 saturated heterocycles. The van der Waals surface area contributed by atoms with Crippen molar-refractivity contribution in [3.63, 3.8) is 0 Å². The maximum atomic E-state index is 13.3. The van der Waals surface area contributed by atoms with E-state index in [2.05, 4.69) is 10.3 Å². The van der Waals surface area contributed by atoms with Gasteiger partial charge in [-0.15, -0.1) is 0 Å². The molecule has 3 N–H and O–H groups in total. The number of hydrogen-bond acceptors (Lipinski definition) is 3. The van der Waals surface area contributed by atoms with Crippen molar-refractivity contribution >= 4 is 17.5 Å². The smallest absolute Gasteiger partial charge is 0.366 e. The van der Waals surface area contributed by atoms with Crippen molar-refractivity contribution in [2.45, 2.75) is 32.0 Å². The normalized spacial score (nSPS) is 15.2. The molecule has 0 bridgehead atoms. The van der Waals surface area contributed by atoms with E-state index < -0.39 is 30.0 Å². The molecule has 4 rings (SSSR count). The molecule has 2 amide bonds. The summed E-state index contributed by atoms with van der Waals surface area (Å²) < 4.78 is 41.6. The molecule has 1 aliphatic carbocycles. The third kappa shape index (κ3) is 3.74. The van der Waals surface area contributed by atoms with Crippen molar-refractivity contribution in [1.82, 2.24) is 14.7 Å². The van der Waals surface area contributed by atoms with Gasteiger partial charge in [0.15, 0.2) is 0 Å². The van der Waals surface area contributed by atoms with Crippen LogP contribution in [0.5, 0.6) is 0 Å². The number of rotatable bonds is 5. The number of nitrogens with zero attached hydrogens (tertiary/aromatic N) is 2. The molecule has 1 fully saturated rings. The van der Waals surface area contributed by atoms with E-state index in [0.717, 1.165) is 5.69 Å². The summed E-state index contributed by atoms with van der Waals surface area (Å²) in [6.07, 6.45) is -2.02. The van der Waals surface area contributed by atoms with Gasteiger partial charge in [-0.25, -0.2) is 4.98 Å². The number of nitrogens with one attached hydrogen (secondary N) is 1. The highest BCUT2D eigenvalue weighted by molar-refractivity contribution is 6.00. The highest BCUT2D eigenvalue weighted by Crippen LogP contribution is 2.40. The quantitative estimate of drug-likeness (QED) is 0.667. The van der Waals surface area contributed by atoms with E-state index >= 15 is 0 Å². The molecular formula is C21H19F3N4O2. The number of amides is 2. The first-order valence-corrected chi connectivity index (χ1v) is 9.41. The Morgan fingerprint density at radius 3 is 2.60 bits per heavy atom. The fourth-order valence-electron chi connectivity index (χ4n) is 3.51. The zero-order valence-corrected chi connectivity index (χ0v) is 16.0. The van der Waals surface area contributed by atoms with E-state index in [9.17, 15) is 22.8 Å². The Balaban J connectivity index is 1.73. The predicted octanol–water partition coefficient (Wildman–Crippen LogP) is 3.48. The van der Waals surface area contributed by atoms with E-state index in [-0.39, 0.29) is 11.2 Å². The first-order valence-electron chi connectivity index (χ1n) is 9.41. The molecule has 6 nitrogen and oxygen atoms in total. The van der Waals surface area contributed by atoms with Crippen molar-refractivity contribution in [1.29, 1.82) is 0 Å². The van der Waals surface area contributed by atoms with Gasteiger partial charge in [-0.3, -0.25) is 9.59 Å². The molecule has 1 unspecified atom stereocenters. The molecule has 30 heavy (non-hydrogen) atoms. The molecule has 9 heteroatoms. The van der Waals surface area contributed by atoms with E-state index in [1.165, 1.54) is 6.07 Å². The first-order chi connectivity index (χ1) is 14.1. The number of hydrogen-bond donors (Lipinski definition) is 2. The van der Waals surface area contributed by atoms with E-state index in [1.54, 1.807) is 47.9 Å². The lowest BCUT2D eigenvalue weighted by Crippen LogP contribution is -2.46. The number of aromatic nitrogens is 2. The van der Waals surface area contributed by atoms with Crippen molar-refractivity contribution < 1.29 is 22.8 Å². The van der Waals surface area contributed by atoms with Gasteiger partial charge in [0.2, 0.25) is 5.91 Å². The number of carbonyl (C=O) groups is 2. The molecule has 0 aliphatic heterocycles. The molecule has 0 spiro atoms. The third-order valence-corrected chi connectivity index (χ3v) is 5.23. The lowest BCUT2D eigenvalue weighted by atomic mass is 10.1. The van der Waals surface area contributed by atoms with Crippen LogP contribution in [-0.4, -0.2) is 33.4 Å². The maximum Gasteiger partial charge on any atom is 0.408 e. The summed E-state index contributed by atoms with van der Waals surface area (Å²) in [7, 11) is 0. The molecule has 1 saturated carbocycles. The lowest BCUT2D eigenvalue weighted by molar-refractivity contribution is -0.158. The van der Waals surface area contributed by atoms with Crippen LogP contribution in [0.1, 0.15) is 39.3 Å². The second kappa shape index (κ2) is 7.16. The molecule has 2 heterocycles. The van der Waals surface area contributed by atoms with Crippen LogP contribution in [0.15, 0.2) is 42.6 Å². The summed E-state index contributed by atoms with van der Waals surface area (Å²) in [5.74, 6) is -1.98. The lowest BCUT2D eigenvalue weighted by Gasteiger charge is -2.21. The minimum absolute atomic E-state index is 0.0564. The number of aryl methyl sites for hydroxylation is 1. The van der Waals surface area contributed by atoms with E-state index in [0.29, 0.717) is 29.7 Å². The summed E-state index contributed by atoms with van der Waals surface area (Å²) in [4.78, 5) is 28.6. The second-order valence-corrected chi connectivity index (χ2v) is 7.48. The summed E-state index contributed by atoms with van der Waals surface area (Å²) in [6, 6.07) is 7.90. The second-order valence-electron chi connectivity index (χ2n) is 7.48. The summed E-state index contributed by atoms with van der Waals surface area (Å²) >= 11 is 0. The van der Waals surface area contributed by atoms with Crippen molar-refractivity contribution in [2.24, 2.45) is 11.7 Å². The van der Waals surface area contributed by atoms with Gasteiger partial charge >= 0.3 is 6.18 Å². The van der Waals surface area contributed by atoms with Gasteiger partial charge < -0.3 is 15.5 Å². The molecule has 1 atom stereocenters. The molecule has 156 valence electrons. The molecule has 0 radical (unpaired) electrons. The van der Waals surface area contributed by atoms with Gasteiger partial charge in [0.05, 0.1) is 11.3 Å². The summed E-state index contributed by atoms with van der Waals surface area (Å²) in [5, 5.41) is 2.14. The Morgan fingerprint density at radius 1 is 1.23 bits per heavy atom. The topological polar surface area (TPSA) is 89.5 Å². The highest BCUT2D eigenvalue weighted by atomic mass is 19.4. The Bertz CT molecular complexity index is 1150. The first kappa shape index (κ1) is 19.9. The van der Waals surface area contributed by atoms with E-state index in [1.807, 2.05) is 0 Å². The number of alkyl halides is 3. The number of halogens is 3. The maximum absolute atomic E-state index is 13.3. The van der Waals surface area contributed by atoms with Crippen LogP contribution < -0.4 is 11.1 Å². The molecule has 1 aliphatic rings. The summed E-state index contributed by atoms with van der Waals surface area (Å²) in [6.45, 7) is 1.79. The van der Waals surface area contributed by atoms with Crippen molar-refractivity contribution in [3.05, 3.63) is 59.4 Å². The number of carbonyl (C=O) groups excluding carboxylic acids is 2. The number of benzene rings is 1. The van der Waals surface area contributed by atoms with Crippen LogP contribution in [0.4, 0.5) is 13.2 Å². The average molecular weight is 416 g/mol. The molecular weight excluding hydrogens is 397 g/mol. The molecule has 3 aromatic rings. The summed E-state index contributed by atoms with van der Waals surface area (Å²) in [5.41, 5.74) is 7.74.